The number of fused-ring (bicyclic) bond motifs is 2. The highest BCUT2D eigenvalue weighted by Gasteiger charge is 2.50. The number of nitrogens with one attached hydrogen (secondary N) is 1. The summed E-state index contributed by atoms with van der Waals surface area (Å²) >= 11 is 0. The van der Waals surface area contributed by atoms with Gasteiger partial charge in [-0.2, -0.15) is 0 Å². The third-order valence-electron chi connectivity index (χ3n) is 3.99. The smallest absolute Gasteiger partial charge is 0.268 e. The van der Waals surface area contributed by atoms with Crippen molar-refractivity contribution in [2.75, 3.05) is 25.1 Å². The number of rotatable bonds is 4. The molecule has 0 aromatic carbocycles. The summed E-state index contributed by atoms with van der Waals surface area (Å²) in [5.41, 5.74) is 0.803. The second-order valence-electron chi connectivity index (χ2n) is 5.57. The molecule has 4 heterocycles. The fourth-order valence-corrected chi connectivity index (χ4v) is 3.85. The van der Waals surface area contributed by atoms with Crippen molar-refractivity contribution in [3.05, 3.63) is 12.7 Å². The number of aliphatic hydroxyl groups is 2. The highest BCUT2D eigenvalue weighted by atomic mass is 31.2. The first-order valence-electron chi connectivity index (χ1n) is 7.50. The Hall–Kier alpha value is -1.66. The van der Waals surface area contributed by atoms with Crippen molar-refractivity contribution in [2.45, 2.75) is 24.5 Å². The molecule has 0 aliphatic carbocycles. The molecule has 1 unspecified atom stereocenters. The van der Waals surface area contributed by atoms with Crippen LogP contribution in [0.5, 0.6) is 0 Å². The second kappa shape index (κ2) is 6.25. The van der Waals surface area contributed by atoms with Gasteiger partial charge in [-0.05, 0) is 0 Å². The number of aliphatic hydroxyl groups excluding tert-OH is 2. The zero-order valence-corrected chi connectivity index (χ0v) is 13.7. The summed E-state index contributed by atoms with van der Waals surface area (Å²) in [5.74, 6) is 0.423. The standard InChI is InChI=1S/C12H16N5O7P/c18-2-1-13-10-7-11(15-4-14-10)17(5-16-7)12-8(19)9-6(23-12)3-22-25(20,21)24-9/h4-6,8-9,12,18-19H,1-3H2,(H,20,21)(H,13,14,15)/p-1/t6-,8-,9-,12-/m1/s1. The lowest BCUT2D eigenvalue weighted by Crippen LogP contribution is -2.41. The normalized spacial score (nSPS) is 35.0. The van der Waals surface area contributed by atoms with Crippen LogP contribution in [0.4, 0.5) is 5.82 Å². The molecule has 2 fully saturated rings. The first-order valence-corrected chi connectivity index (χ1v) is 8.96. The van der Waals surface area contributed by atoms with Crippen molar-refractivity contribution in [2.24, 2.45) is 0 Å². The molecule has 0 bridgehead atoms. The van der Waals surface area contributed by atoms with Gasteiger partial charge in [0.15, 0.2) is 23.2 Å². The number of hydrogen-bond acceptors (Lipinski definition) is 11. The van der Waals surface area contributed by atoms with Crippen LogP contribution in [0.15, 0.2) is 12.7 Å². The van der Waals surface area contributed by atoms with Gasteiger partial charge in [0.25, 0.3) is 7.82 Å². The van der Waals surface area contributed by atoms with Crippen LogP contribution >= 0.6 is 7.82 Å². The topological polar surface area (TPSA) is 164 Å². The molecule has 2 aromatic heterocycles. The van der Waals surface area contributed by atoms with E-state index in [1.807, 2.05) is 0 Å². The van der Waals surface area contributed by atoms with Gasteiger partial charge in [0.2, 0.25) is 0 Å². The van der Waals surface area contributed by atoms with E-state index in [0.29, 0.717) is 17.0 Å². The van der Waals surface area contributed by atoms with Gasteiger partial charge in [0, 0.05) is 6.54 Å². The van der Waals surface area contributed by atoms with Gasteiger partial charge in [0.1, 0.15) is 24.6 Å². The molecule has 0 amide bonds. The van der Waals surface area contributed by atoms with Gasteiger partial charge in [-0.3, -0.25) is 9.13 Å². The molecule has 2 aliphatic rings. The molecule has 3 N–H and O–H groups in total. The summed E-state index contributed by atoms with van der Waals surface area (Å²) in [6.07, 6.45) is -1.28. The Morgan fingerprint density at radius 2 is 2.28 bits per heavy atom. The number of phosphoric acid groups is 1. The zero-order valence-electron chi connectivity index (χ0n) is 12.8. The van der Waals surface area contributed by atoms with E-state index in [0.717, 1.165) is 0 Å². The Balaban J connectivity index is 1.65. The summed E-state index contributed by atoms with van der Waals surface area (Å²) < 4.78 is 28.0. The second-order valence-corrected chi connectivity index (χ2v) is 6.93. The Bertz CT molecular complexity index is 831. The Morgan fingerprint density at radius 3 is 3.08 bits per heavy atom. The maximum absolute atomic E-state index is 11.4. The average molecular weight is 372 g/mol. The van der Waals surface area contributed by atoms with E-state index < -0.39 is 32.4 Å². The minimum Gasteiger partial charge on any atom is -0.756 e. The summed E-state index contributed by atoms with van der Waals surface area (Å²) in [7, 11) is -4.44. The highest BCUT2D eigenvalue weighted by Crippen LogP contribution is 2.49. The number of anilines is 1. The lowest BCUT2D eigenvalue weighted by molar-refractivity contribution is -0.245. The van der Waals surface area contributed by atoms with E-state index in [1.54, 1.807) is 0 Å². The number of ether oxygens (including phenoxy) is 1. The first kappa shape index (κ1) is 16.8. The molecular weight excluding hydrogens is 357 g/mol. The molecule has 0 radical (unpaired) electrons. The summed E-state index contributed by atoms with van der Waals surface area (Å²) in [5, 5.41) is 22.3. The van der Waals surface area contributed by atoms with Gasteiger partial charge in [-0.25, -0.2) is 15.0 Å². The predicted molar refractivity (Wildman–Crippen MR) is 79.2 cm³/mol. The maximum atomic E-state index is 11.4. The molecule has 12 nitrogen and oxygen atoms in total. The van der Waals surface area contributed by atoms with Crippen LogP contribution in [0, 0.1) is 0 Å². The van der Waals surface area contributed by atoms with E-state index in [4.69, 9.17) is 14.4 Å². The molecule has 5 atom stereocenters. The monoisotopic (exact) mass is 372 g/mol. The summed E-state index contributed by atoms with van der Waals surface area (Å²) in [6.45, 7) is -0.0217. The lowest BCUT2D eigenvalue weighted by Gasteiger charge is -2.34. The molecule has 2 aromatic rings. The van der Waals surface area contributed by atoms with Crippen LogP contribution in [0.3, 0.4) is 0 Å². The molecule has 25 heavy (non-hydrogen) atoms. The largest absolute Gasteiger partial charge is 0.756 e. The molecule has 4 rings (SSSR count). The lowest BCUT2D eigenvalue weighted by atomic mass is 10.1. The molecular formula is C12H15N5O7P-. The van der Waals surface area contributed by atoms with E-state index >= 15 is 0 Å². The fourth-order valence-electron chi connectivity index (χ4n) is 2.90. The van der Waals surface area contributed by atoms with Crippen molar-refractivity contribution in [1.29, 1.82) is 0 Å². The van der Waals surface area contributed by atoms with E-state index in [-0.39, 0.29) is 19.8 Å². The van der Waals surface area contributed by atoms with Crippen LogP contribution in [-0.4, -0.2) is 67.8 Å². The molecule has 2 aliphatic heterocycles. The molecule has 13 heteroatoms. The molecule has 2 saturated heterocycles. The van der Waals surface area contributed by atoms with Crippen LogP contribution in [0.1, 0.15) is 6.23 Å². The third-order valence-corrected chi connectivity index (χ3v) is 4.96. The fraction of sp³-hybridized carbons (Fsp3) is 0.583. The van der Waals surface area contributed by atoms with E-state index in [2.05, 4.69) is 24.8 Å². The van der Waals surface area contributed by atoms with Gasteiger partial charge in [-0.15, -0.1) is 0 Å². The van der Waals surface area contributed by atoms with E-state index in [1.165, 1.54) is 17.2 Å². The van der Waals surface area contributed by atoms with Crippen molar-refractivity contribution in [3.63, 3.8) is 0 Å². The van der Waals surface area contributed by atoms with Gasteiger partial charge < -0.3 is 34.2 Å². The van der Waals surface area contributed by atoms with Crippen molar-refractivity contribution in [1.82, 2.24) is 19.5 Å². The predicted octanol–water partition coefficient (Wildman–Crippen LogP) is -1.63. The Labute approximate surface area is 141 Å². The first-order chi connectivity index (χ1) is 12.0. The summed E-state index contributed by atoms with van der Waals surface area (Å²) in [6, 6.07) is 0. The number of phosphoric ester groups is 1. The van der Waals surface area contributed by atoms with Gasteiger partial charge in [0.05, 0.1) is 19.5 Å². The van der Waals surface area contributed by atoms with Crippen LogP contribution in [-0.2, 0) is 18.3 Å². The minimum atomic E-state index is -4.44. The van der Waals surface area contributed by atoms with Crippen molar-refractivity contribution in [3.8, 4) is 0 Å². The molecule has 0 saturated carbocycles. The van der Waals surface area contributed by atoms with Crippen molar-refractivity contribution >= 4 is 24.8 Å². The number of aromatic nitrogens is 4. The number of nitrogens with zero attached hydrogens (tertiary/aromatic N) is 4. The third kappa shape index (κ3) is 2.91. The van der Waals surface area contributed by atoms with Gasteiger partial charge in [-0.1, -0.05) is 0 Å². The van der Waals surface area contributed by atoms with E-state index in [9.17, 15) is 14.6 Å². The molecule has 0 spiro atoms. The van der Waals surface area contributed by atoms with Crippen LogP contribution < -0.4 is 10.2 Å². The molecule has 136 valence electrons. The Kier molecular flexibility index (Phi) is 4.20. The zero-order chi connectivity index (χ0) is 17.6. The van der Waals surface area contributed by atoms with Crippen LogP contribution in [0.25, 0.3) is 11.2 Å². The summed E-state index contributed by atoms with van der Waals surface area (Å²) in [4.78, 5) is 23.8. The number of imidazole rings is 1. The SMILES string of the molecule is O=P1([O-])OC[C@H]2O[C@@H](n3cnc4c(NCCO)ncnc43)[C@H](O)[C@@H]2O1. The number of hydrogen-bond donors (Lipinski definition) is 3. The minimum absolute atomic E-state index is 0.0768. The maximum Gasteiger partial charge on any atom is 0.268 e. The Morgan fingerprint density at radius 1 is 1.44 bits per heavy atom. The highest BCUT2D eigenvalue weighted by molar-refractivity contribution is 7.45. The average Bonchev–Trinajstić information content (AvgIpc) is 3.14. The van der Waals surface area contributed by atoms with Crippen LogP contribution in [0.2, 0.25) is 0 Å². The van der Waals surface area contributed by atoms with Crippen molar-refractivity contribution < 1.29 is 33.5 Å². The quantitative estimate of drug-likeness (QED) is 0.528. The van der Waals surface area contributed by atoms with Gasteiger partial charge >= 0.3 is 0 Å².